The maximum Gasteiger partial charge on any atom is 0.213 e. The number of aromatic nitrogens is 2. The van der Waals surface area contributed by atoms with E-state index in [9.17, 15) is 0 Å². The SMILES string of the molecule is CCCCCCCCCCCCOc1ccc(-c2ccc(Oc3ccc(-c4ccc(OCCCCCCCCCCCC)nc4)cc3C[C@@H]3O[C@H]3CCCC)c(C[C@@H]3O[C@H]3CCCC)c2)cn1. The molecule has 0 saturated carbocycles. The highest BCUT2D eigenvalue weighted by Gasteiger charge is 2.39. The molecule has 67 heavy (non-hydrogen) atoms. The summed E-state index contributed by atoms with van der Waals surface area (Å²) in [5.41, 5.74) is 6.67. The first-order valence-corrected chi connectivity index (χ1v) is 27.5. The molecule has 0 radical (unpaired) electrons. The van der Waals surface area contributed by atoms with E-state index in [1.807, 2.05) is 24.5 Å². The molecule has 2 saturated heterocycles. The van der Waals surface area contributed by atoms with Gasteiger partial charge in [0.15, 0.2) is 0 Å². The van der Waals surface area contributed by atoms with Gasteiger partial charge in [0, 0.05) is 48.5 Å². The molecule has 0 N–H and O–H groups in total. The van der Waals surface area contributed by atoms with Crippen LogP contribution in [0.5, 0.6) is 23.3 Å². The topological polar surface area (TPSA) is 78.5 Å². The molecule has 2 aromatic carbocycles. The number of hydrogen-bond acceptors (Lipinski definition) is 7. The number of epoxide rings is 2. The third-order valence-electron chi connectivity index (χ3n) is 13.9. The van der Waals surface area contributed by atoms with Crippen molar-refractivity contribution in [1.82, 2.24) is 9.97 Å². The van der Waals surface area contributed by atoms with Crippen molar-refractivity contribution in [1.29, 1.82) is 0 Å². The summed E-state index contributed by atoms with van der Waals surface area (Å²) in [5.74, 6) is 3.13. The Bertz CT molecular complexity index is 1790. The number of benzene rings is 2. The standard InChI is InChI=1S/C60H88N2O5/c1-5-9-13-15-17-19-21-23-25-27-39-63-59-37-33-49(45-61-59)47-31-35-53(51(41-47)43-57-55(66-57)29-11-7-3)65-54-36-32-48(42-52(54)44-58-56(67-58)30-12-8-4)50-34-38-60(62-46-50)64-40-28-26-24-22-20-18-16-14-10-6-2/h31-38,41-42,45-46,55-58H,5-30,39-40,43-44H2,1-4H3/t55-,56-,57-,58-/m0/s1. The number of ether oxygens (including phenoxy) is 5. The van der Waals surface area contributed by atoms with Gasteiger partial charge in [0.05, 0.1) is 37.6 Å². The quantitative estimate of drug-likeness (QED) is 0.0327. The predicted octanol–water partition coefficient (Wildman–Crippen LogP) is 17.2. The third kappa shape index (κ3) is 19.2. The molecular formula is C60H88N2O5. The lowest BCUT2D eigenvalue weighted by Crippen LogP contribution is -2.04. The molecule has 2 fully saturated rings. The average molecular weight is 917 g/mol. The molecule has 0 amide bonds. The highest BCUT2D eigenvalue weighted by atomic mass is 16.6. The van der Waals surface area contributed by atoms with Crippen molar-refractivity contribution < 1.29 is 23.7 Å². The van der Waals surface area contributed by atoms with Gasteiger partial charge in [-0.05, 0) is 84.3 Å². The summed E-state index contributed by atoms with van der Waals surface area (Å²) in [4.78, 5) is 9.44. The first-order chi connectivity index (χ1) is 33.1. The van der Waals surface area contributed by atoms with E-state index in [1.54, 1.807) is 0 Å². The van der Waals surface area contributed by atoms with E-state index in [1.165, 1.54) is 141 Å². The van der Waals surface area contributed by atoms with Crippen molar-refractivity contribution in [2.24, 2.45) is 0 Å². The van der Waals surface area contributed by atoms with Crippen molar-refractivity contribution in [2.45, 2.75) is 232 Å². The van der Waals surface area contributed by atoms with Crippen LogP contribution in [0.4, 0.5) is 0 Å². The second-order valence-electron chi connectivity index (χ2n) is 19.7. The number of nitrogens with zero attached hydrogens (tertiary/aromatic N) is 2. The van der Waals surface area contributed by atoms with Gasteiger partial charge in [-0.2, -0.15) is 0 Å². The first-order valence-electron chi connectivity index (χ1n) is 27.5. The molecule has 7 heteroatoms. The summed E-state index contributed by atoms with van der Waals surface area (Å²) in [6.45, 7) is 10.5. The molecule has 4 heterocycles. The number of hydrogen-bond donors (Lipinski definition) is 0. The van der Waals surface area contributed by atoms with E-state index >= 15 is 0 Å². The van der Waals surface area contributed by atoms with E-state index in [4.69, 9.17) is 33.7 Å². The van der Waals surface area contributed by atoms with Gasteiger partial charge in [0.2, 0.25) is 11.8 Å². The smallest absolute Gasteiger partial charge is 0.213 e. The maximum atomic E-state index is 6.98. The molecule has 2 aromatic heterocycles. The second kappa shape index (κ2) is 30.5. The van der Waals surface area contributed by atoms with Gasteiger partial charge in [0.1, 0.15) is 11.5 Å². The van der Waals surface area contributed by atoms with Crippen LogP contribution in [-0.4, -0.2) is 47.6 Å². The van der Waals surface area contributed by atoms with Gasteiger partial charge >= 0.3 is 0 Å². The zero-order valence-electron chi connectivity index (χ0n) is 42.4. The average Bonchev–Trinajstić information content (AvgIpc) is 4.29. The van der Waals surface area contributed by atoms with Crippen molar-refractivity contribution in [3.63, 3.8) is 0 Å². The van der Waals surface area contributed by atoms with E-state index in [-0.39, 0.29) is 12.2 Å². The van der Waals surface area contributed by atoms with E-state index < -0.39 is 0 Å². The minimum Gasteiger partial charge on any atom is -0.478 e. The fourth-order valence-corrected chi connectivity index (χ4v) is 9.43. The largest absolute Gasteiger partial charge is 0.478 e. The molecule has 0 spiro atoms. The van der Waals surface area contributed by atoms with Crippen molar-refractivity contribution >= 4 is 0 Å². The van der Waals surface area contributed by atoms with Crippen LogP contribution < -0.4 is 14.2 Å². The van der Waals surface area contributed by atoms with Gasteiger partial charge < -0.3 is 23.7 Å². The van der Waals surface area contributed by atoms with Gasteiger partial charge in [-0.25, -0.2) is 9.97 Å². The van der Waals surface area contributed by atoms with E-state index in [2.05, 4.69) is 76.2 Å². The van der Waals surface area contributed by atoms with Crippen LogP contribution in [0.25, 0.3) is 22.3 Å². The Hall–Kier alpha value is -3.94. The van der Waals surface area contributed by atoms with Crippen molar-refractivity contribution in [2.75, 3.05) is 13.2 Å². The monoisotopic (exact) mass is 917 g/mol. The van der Waals surface area contributed by atoms with Gasteiger partial charge in [-0.15, -0.1) is 0 Å². The molecule has 0 bridgehead atoms. The summed E-state index contributed by atoms with van der Waals surface area (Å²) in [5, 5.41) is 0. The maximum absolute atomic E-state index is 6.98. The van der Waals surface area contributed by atoms with Gasteiger partial charge in [0.25, 0.3) is 0 Å². The molecule has 4 aromatic rings. The zero-order chi connectivity index (χ0) is 46.7. The highest BCUT2D eigenvalue weighted by molar-refractivity contribution is 5.67. The van der Waals surface area contributed by atoms with Crippen LogP contribution >= 0.6 is 0 Å². The van der Waals surface area contributed by atoms with Crippen LogP contribution in [-0.2, 0) is 22.3 Å². The van der Waals surface area contributed by atoms with Crippen LogP contribution in [0.3, 0.4) is 0 Å². The zero-order valence-corrected chi connectivity index (χ0v) is 42.4. The molecule has 6 rings (SSSR count). The van der Waals surface area contributed by atoms with Gasteiger partial charge in [-0.1, -0.05) is 181 Å². The molecule has 2 aliphatic heterocycles. The Morgan fingerprint density at radius 1 is 0.388 bits per heavy atom. The molecule has 0 unspecified atom stereocenters. The Morgan fingerprint density at radius 3 is 1.10 bits per heavy atom. The summed E-state index contributed by atoms with van der Waals surface area (Å²) in [6, 6.07) is 21.4. The van der Waals surface area contributed by atoms with Crippen LogP contribution in [0.1, 0.15) is 206 Å². The predicted molar refractivity (Wildman–Crippen MR) is 278 cm³/mol. The molecule has 368 valence electrons. The number of rotatable bonds is 38. The van der Waals surface area contributed by atoms with Crippen LogP contribution in [0.2, 0.25) is 0 Å². The summed E-state index contributed by atoms with van der Waals surface area (Å²) >= 11 is 0. The lowest BCUT2D eigenvalue weighted by Gasteiger charge is -2.17. The lowest BCUT2D eigenvalue weighted by atomic mass is 9.98. The number of unbranched alkanes of at least 4 members (excludes halogenated alkanes) is 20. The molecule has 4 atom stereocenters. The van der Waals surface area contributed by atoms with Crippen molar-refractivity contribution in [3.8, 4) is 45.5 Å². The Balaban J connectivity index is 1.07. The summed E-state index contributed by atoms with van der Waals surface area (Å²) < 4.78 is 31.6. The molecule has 2 aliphatic rings. The Labute approximate surface area is 406 Å². The number of pyridine rings is 2. The van der Waals surface area contributed by atoms with Gasteiger partial charge in [-0.3, -0.25) is 0 Å². The van der Waals surface area contributed by atoms with Crippen molar-refractivity contribution in [3.05, 3.63) is 84.2 Å². The summed E-state index contributed by atoms with van der Waals surface area (Å²) in [7, 11) is 0. The fourth-order valence-electron chi connectivity index (χ4n) is 9.43. The van der Waals surface area contributed by atoms with E-state index in [0.29, 0.717) is 37.2 Å². The van der Waals surface area contributed by atoms with Crippen LogP contribution in [0, 0.1) is 0 Å². The Kier molecular flexibility index (Phi) is 23.9. The minimum atomic E-state index is 0.208. The Morgan fingerprint density at radius 2 is 0.746 bits per heavy atom. The second-order valence-corrected chi connectivity index (χ2v) is 19.7. The highest BCUT2D eigenvalue weighted by Crippen LogP contribution is 2.40. The van der Waals surface area contributed by atoms with E-state index in [0.717, 1.165) is 83.4 Å². The molecule has 0 aliphatic carbocycles. The minimum absolute atomic E-state index is 0.208. The first kappa shape index (κ1) is 52.4. The van der Waals surface area contributed by atoms with Crippen LogP contribution in [0.15, 0.2) is 73.1 Å². The molecular weight excluding hydrogens is 829 g/mol. The fraction of sp³-hybridized carbons (Fsp3) is 0.633. The third-order valence-corrected chi connectivity index (χ3v) is 13.9. The summed E-state index contributed by atoms with van der Waals surface area (Å²) in [6.07, 6.45) is 39.8. The lowest BCUT2D eigenvalue weighted by molar-refractivity contribution is 0.293. The molecule has 7 nitrogen and oxygen atoms in total. The normalized spacial score (nSPS) is 17.4.